The maximum absolute atomic E-state index is 12.4. The van der Waals surface area contributed by atoms with E-state index in [1.807, 2.05) is 30.3 Å². The molecule has 0 aliphatic heterocycles. The molecule has 1 unspecified atom stereocenters. The van der Waals surface area contributed by atoms with Gasteiger partial charge in [-0.25, -0.2) is 4.79 Å². The van der Waals surface area contributed by atoms with Crippen LogP contribution in [0.1, 0.15) is 35.9 Å². The minimum Gasteiger partial charge on any atom is -0.497 e. The highest BCUT2D eigenvalue weighted by molar-refractivity contribution is 5.89. The number of esters is 1. The summed E-state index contributed by atoms with van der Waals surface area (Å²) in [6.45, 7) is 3.51. The van der Waals surface area contributed by atoms with Crippen LogP contribution in [-0.2, 0) is 4.74 Å². The van der Waals surface area contributed by atoms with E-state index in [0.717, 1.165) is 5.56 Å². The number of ether oxygens (including phenoxy) is 2. The molecule has 0 saturated carbocycles. The van der Waals surface area contributed by atoms with Gasteiger partial charge in [0, 0.05) is 0 Å². The summed E-state index contributed by atoms with van der Waals surface area (Å²) in [4.78, 5) is 12.4. The molecule has 0 amide bonds. The zero-order valence-electron chi connectivity index (χ0n) is 13.4. The molecule has 0 saturated heterocycles. The molecule has 0 heterocycles. The third kappa shape index (κ3) is 3.89. The number of benzene rings is 2. The van der Waals surface area contributed by atoms with Crippen molar-refractivity contribution in [3.63, 3.8) is 0 Å². The standard InChI is InChI=1S/C19H19NO3/c1-19(2,13-20)17(14-7-5-4-6-8-14)23-18(21)15-9-11-16(22-3)12-10-15/h4-12,17H,1-3H3. The van der Waals surface area contributed by atoms with Crippen LogP contribution in [0.2, 0.25) is 0 Å². The molecule has 2 rings (SSSR count). The fourth-order valence-corrected chi connectivity index (χ4v) is 2.22. The molecule has 4 heteroatoms. The minimum atomic E-state index is -0.844. The molecule has 2 aromatic carbocycles. The number of hydrogen-bond donors (Lipinski definition) is 0. The van der Waals surface area contributed by atoms with Gasteiger partial charge in [-0.2, -0.15) is 5.26 Å². The first-order valence-electron chi connectivity index (χ1n) is 7.29. The van der Waals surface area contributed by atoms with Gasteiger partial charge in [-0.15, -0.1) is 0 Å². The van der Waals surface area contributed by atoms with Crippen LogP contribution in [0.3, 0.4) is 0 Å². The molecule has 2 aromatic rings. The highest BCUT2D eigenvalue weighted by Crippen LogP contribution is 2.36. The summed E-state index contributed by atoms with van der Waals surface area (Å²) in [5.41, 5.74) is 0.366. The molecule has 118 valence electrons. The summed E-state index contributed by atoms with van der Waals surface area (Å²) in [6, 6.07) is 18.2. The number of methoxy groups -OCH3 is 1. The number of hydrogen-bond acceptors (Lipinski definition) is 4. The molecule has 23 heavy (non-hydrogen) atoms. The lowest BCUT2D eigenvalue weighted by Gasteiger charge is -2.28. The van der Waals surface area contributed by atoms with Gasteiger partial charge in [0.15, 0.2) is 0 Å². The average molecular weight is 309 g/mol. The van der Waals surface area contributed by atoms with E-state index >= 15 is 0 Å². The second kappa shape index (κ2) is 6.97. The predicted molar refractivity (Wildman–Crippen MR) is 87.0 cm³/mol. The Labute approximate surface area is 136 Å². The average Bonchev–Trinajstić information content (AvgIpc) is 2.60. The monoisotopic (exact) mass is 309 g/mol. The van der Waals surface area contributed by atoms with Crippen molar-refractivity contribution in [2.75, 3.05) is 7.11 Å². The van der Waals surface area contributed by atoms with E-state index in [1.54, 1.807) is 45.2 Å². The molecule has 0 aromatic heterocycles. The molecule has 0 aliphatic carbocycles. The van der Waals surface area contributed by atoms with E-state index in [1.165, 1.54) is 0 Å². The molecule has 0 spiro atoms. The Morgan fingerprint density at radius 1 is 1.09 bits per heavy atom. The summed E-state index contributed by atoms with van der Waals surface area (Å²) in [6.07, 6.45) is -0.650. The quantitative estimate of drug-likeness (QED) is 0.779. The van der Waals surface area contributed by atoms with Crippen molar-refractivity contribution >= 4 is 5.97 Å². The summed E-state index contributed by atoms with van der Waals surface area (Å²) < 4.78 is 10.7. The summed E-state index contributed by atoms with van der Waals surface area (Å²) in [7, 11) is 1.56. The Balaban J connectivity index is 2.27. The first-order chi connectivity index (χ1) is 11.0. The van der Waals surface area contributed by atoms with Gasteiger partial charge in [0.2, 0.25) is 0 Å². The first-order valence-corrected chi connectivity index (χ1v) is 7.29. The van der Waals surface area contributed by atoms with E-state index in [4.69, 9.17) is 9.47 Å². The van der Waals surface area contributed by atoms with Gasteiger partial charge in [0.1, 0.15) is 11.9 Å². The topological polar surface area (TPSA) is 59.3 Å². The van der Waals surface area contributed by atoms with Gasteiger partial charge >= 0.3 is 5.97 Å². The Bertz CT molecular complexity index is 700. The SMILES string of the molecule is COc1ccc(C(=O)OC(c2ccccc2)C(C)(C)C#N)cc1. The van der Waals surface area contributed by atoms with Gasteiger partial charge in [0.25, 0.3) is 0 Å². The van der Waals surface area contributed by atoms with Crippen LogP contribution in [0.15, 0.2) is 54.6 Å². The highest BCUT2D eigenvalue weighted by Gasteiger charge is 2.34. The third-order valence-electron chi connectivity index (χ3n) is 3.60. The Morgan fingerprint density at radius 3 is 2.22 bits per heavy atom. The van der Waals surface area contributed by atoms with E-state index in [0.29, 0.717) is 11.3 Å². The van der Waals surface area contributed by atoms with Crippen LogP contribution in [0, 0.1) is 16.7 Å². The van der Waals surface area contributed by atoms with Crippen LogP contribution in [0.5, 0.6) is 5.75 Å². The Kier molecular flexibility index (Phi) is 5.02. The number of rotatable bonds is 5. The van der Waals surface area contributed by atoms with Crippen LogP contribution < -0.4 is 4.74 Å². The van der Waals surface area contributed by atoms with E-state index < -0.39 is 17.5 Å². The zero-order chi connectivity index (χ0) is 16.9. The van der Waals surface area contributed by atoms with Crippen LogP contribution in [0.4, 0.5) is 0 Å². The van der Waals surface area contributed by atoms with Crippen molar-refractivity contribution < 1.29 is 14.3 Å². The highest BCUT2D eigenvalue weighted by atomic mass is 16.5. The molecular formula is C19H19NO3. The fraction of sp³-hybridized carbons (Fsp3) is 0.263. The summed E-state index contributed by atoms with van der Waals surface area (Å²) >= 11 is 0. The number of carbonyl (C=O) groups is 1. The molecule has 1 atom stereocenters. The summed E-state index contributed by atoms with van der Waals surface area (Å²) in [5, 5.41) is 9.42. The lowest BCUT2D eigenvalue weighted by Crippen LogP contribution is -2.25. The lowest BCUT2D eigenvalue weighted by molar-refractivity contribution is 0.00518. The predicted octanol–water partition coefficient (Wildman–Crippen LogP) is 4.14. The molecular weight excluding hydrogens is 290 g/mol. The summed E-state index contributed by atoms with van der Waals surface area (Å²) in [5.74, 6) is 0.198. The fourth-order valence-electron chi connectivity index (χ4n) is 2.22. The Morgan fingerprint density at radius 2 is 1.70 bits per heavy atom. The van der Waals surface area contributed by atoms with Crippen molar-refractivity contribution in [2.45, 2.75) is 20.0 Å². The van der Waals surface area contributed by atoms with Gasteiger partial charge in [0.05, 0.1) is 24.2 Å². The van der Waals surface area contributed by atoms with E-state index in [2.05, 4.69) is 6.07 Å². The third-order valence-corrected chi connectivity index (χ3v) is 3.60. The van der Waals surface area contributed by atoms with Crippen molar-refractivity contribution in [3.05, 3.63) is 65.7 Å². The van der Waals surface area contributed by atoms with Crippen molar-refractivity contribution in [1.82, 2.24) is 0 Å². The van der Waals surface area contributed by atoms with Crippen LogP contribution in [0.25, 0.3) is 0 Å². The molecule has 4 nitrogen and oxygen atoms in total. The molecule has 0 fully saturated rings. The van der Waals surface area contributed by atoms with Crippen LogP contribution >= 0.6 is 0 Å². The van der Waals surface area contributed by atoms with E-state index in [-0.39, 0.29) is 0 Å². The maximum atomic E-state index is 12.4. The smallest absolute Gasteiger partial charge is 0.338 e. The minimum absolute atomic E-state index is 0.417. The van der Waals surface area contributed by atoms with E-state index in [9.17, 15) is 10.1 Å². The Hall–Kier alpha value is -2.80. The number of nitriles is 1. The van der Waals surface area contributed by atoms with Gasteiger partial charge in [-0.1, -0.05) is 30.3 Å². The normalized spacial score (nSPS) is 12.1. The number of carbonyl (C=O) groups excluding carboxylic acids is 1. The molecule has 0 radical (unpaired) electrons. The number of nitrogens with zero attached hydrogens (tertiary/aromatic N) is 1. The largest absolute Gasteiger partial charge is 0.497 e. The zero-order valence-corrected chi connectivity index (χ0v) is 13.4. The van der Waals surface area contributed by atoms with Crippen LogP contribution in [-0.4, -0.2) is 13.1 Å². The van der Waals surface area contributed by atoms with Crippen molar-refractivity contribution in [2.24, 2.45) is 5.41 Å². The maximum Gasteiger partial charge on any atom is 0.338 e. The molecule has 0 bridgehead atoms. The molecule has 0 N–H and O–H groups in total. The van der Waals surface area contributed by atoms with Gasteiger partial charge in [-0.3, -0.25) is 0 Å². The van der Waals surface area contributed by atoms with Gasteiger partial charge < -0.3 is 9.47 Å². The molecule has 0 aliphatic rings. The second-order valence-electron chi connectivity index (χ2n) is 5.76. The second-order valence-corrected chi connectivity index (χ2v) is 5.76. The van der Waals surface area contributed by atoms with Crippen molar-refractivity contribution in [1.29, 1.82) is 5.26 Å². The lowest BCUT2D eigenvalue weighted by atomic mass is 9.84. The van der Waals surface area contributed by atoms with Gasteiger partial charge in [-0.05, 0) is 43.7 Å². The first kappa shape index (κ1) is 16.6. The van der Waals surface area contributed by atoms with Crippen molar-refractivity contribution in [3.8, 4) is 11.8 Å².